The van der Waals surface area contributed by atoms with Crippen LogP contribution in [0.4, 0.5) is 0 Å². The molecule has 0 atom stereocenters. The number of carbonyl (C=O) groups is 1. The number of unbranched alkanes of at least 4 members (excludes halogenated alkanes) is 3. The van der Waals surface area contributed by atoms with Crippen molar-refractivity contribution in [3.63, 3.8) is 0 Å². The molecule has 0 saturated carbocycles. The number of hydrogen-bond donors (Lipinski definition) is 1. The van der Waals surface area contributed by atoms with Gasteiger partial charge in [0.15, 0.2) is 0 Å². The number of nitrogens with zero attached hydrogens (tertiary/aromatic N) is 2. The number of hydrogen-bond acceptors (Lipinski definition) is 3. The number of fused-ring (bicyclic) bond motifs is 1. The van der Waals surface area contributed by atoms with E-state index < -0.39 is 0 Å². The molecule has 1 amide bonds. The SMILES string of the molecule is O=C(NCCCCCc1nc2ccccc2n1CCCCOc1ccccc1Cl)c1cccc(Cl)c1. The zero-order valence-corrected chi connectivity index (χ0v) is 21.8. The Morgan fingerprint density at radius 3 is 2.58 bits per heavy atom. The van der Waals surface area contributed by atoms with Gasteiger partial charge in [-0.2, -0.15) is 0 Å². The lowest BCUT2D eigenvalue weighted by Crippen LogP contribution is -2.24. The Labute approximate surface area is 222 Å². The van der Waals surface area contributed by atoms with E-state index in [1.165, 1.54) is 5.52 Å². The fourth-order valence-corrected chi connectivity index (χ4v) is 4.58. The van der Waals surface area contributed by atoms with Crippen LogP contribution in [0.2, 0.25) is 10.0 Å². The molecule has 7 heteroatoms. The molecule has 0 bridgehead atoms. The number of carbonyl (C=O) groups excluding carboxylic acids is 1. The van der Waals surface area contributed by atoms with Gasteiger partial charge in [0.1, 0.15) is 11.6 Å². The summed E-state index contributed by atoms with van der Waals surface area (Å²) in [4.78, 5) is 17.1. The second kappa shape index (κ2) is 13.3. The highest BCUT2D eigenvalue weighted by Gasteiger charge is 2.11. The summed E-state index contributed by atoms with van der Waals surface area (Å²) < 4.78 is 8.17. The van der Waals surface area contributed by atoms with Crippen LogP contribution < -0.4 is 10.1 Å². The van der Waals surface area contributed by atoms with Gasteiger partial charge in [0.2, 0.25) is 0 Å². The molecular weight excluding hydrogens is 493 g/mol. The van der Waals surface area contributed by atoms with E-state index >= 15 is 0 Å². The average Bonchev–Trinajstić information content (AvgIpc) is 3.24. The Morgan fingerprint density at radius 1 is 0.889 bits per heavy atom. The number of ether oxygens (including phenoxy) is 1. The van der Waals surface area contributed by atoms with E-state index in [9.17, 15) is 4.79 Å². The first-order valence-corrected chi connectivity index (χ1v) is 13.2. The number of para-hydroxylation sites is 3. The van der Waals surface area contributed by atoms with Crippen LogP contribution in [-0.2, 0) is 13.0 Å². The molecule has 1 N–H and O–H groups in total. The van der Waals surface area contributed by atoms with Crippen LogP contribution >= 0.6 is 23.2 Å². The first-order valence-electron chi connectivity index (χ1n) is 12.5. The van der Waals surface area contributed by atoms with Crippen molar-refractivity contribution >= 4 is 40.1 Å². The second-order valence-electron chi connectivity index (χ2n) is 8.73. The second-order valence-corrected chi connectivity index (χ2v) is 9.57. The van der Waals surface area contributed by atoms with Crippen LogP contribution in [0.25, 0.3) is 11.0 Å². The first-order chi connectivity index (χ1) is 17.6. The van der Waals surface area contributed by atoms with Gasteiger partial charge >= 0.3 is 0 Å². The molecule has 0 spiro atoms. The molecule has 0 unspecified atom stereocenters. The van der Waals surface area contributed by atoms with Gasteiger partial charge in [0, 0.05) is 30.1 Å². The van der Waals surface area contributed by atoms with Crippen LogP contribution in [0.1, 0.15) is 48.3 Å². The maximum absolute atomic E-state index is 12.2. The highest BCUT2D eigenvalue weighted by molar-refractivity contribution is 6.32. The molecule has 0 radical (unpaired) electrons. The van der Waals surface area contributed by atoms with Crippen LogP contribution in [0.3, 0.4) is 0 Å². The fraction of sp³-hybridized carbons (Fsp3) is 0.310. The van der Waals surface area contributed by atoms with E-state index in [0.717, 1.165) is 62.2 Å². The molecule has 0 aliphatic heterocycles. The van der Waals surface area contributed by atoms with Crippen LogP contribution in [0.5, 0.6) is 5.75 Å². The normalized spacial score (nSPS) is 11.1. The third-order valence-corrected chi connectivity index (χ3v) is 6.60. The van der Waals surface area contributed by atoms with Crippen molar-refractivity contribution in [1.82, 2.24) is 14.9 Å². The van der Waals surface area contributed by atoms with E-state index in [-0.39, 0.29) is 5.91 Å². The summed E-state index contributed by atoms with van der Waals surface area (Å²) in [5, 5.41) is 4.19. The largest absolute Gasteiger partial charge is 0.492 e. The molecule has 0 fully saturated rings. The van der Waals surface area contributed by atoms with Crippen LogP contribution in [0.15, 0.2) is 72.8 Å². The number of aryl methyl sites for hydroxylation is 2. The molecule has 5 nitrogen and oxygen atoms in total. The molecule has 4 aromatic rings. The summed E-state index contributed by atoms with van der Waals surface area (Å²) in [7, 11) is 0. The molecule has 1 heterocycles. The predicted octanol–water partition coefficient (Wildman–Crippen LogP) is 7.35. The number of rotatable bonds is 13. The first kappa shape index (κ1) is 26.1. The van der Waals surface area contributed by atoms with Crippen molar-refractivity contribution in [3.8, 4) is 5.75 Å². The highest BCUT2D eigenvalue weighted by atomic mass is 35.5. The third-order valence-electron chi connectivity index (χ3n) is 6.05. The van der Waals surface area contributed by atoms with Gasteiger partial charge in [0.05, 0.1) is 22.7 Å². The summed E-state index contributed by atoms with van der Waals surface area (Å²) in [6.45, 7) is 2.18. The van der Waals surface area contributed by atoms with E-state index in [2.05, 4.69) is 28.1 Å². The molecule has 0 aliphatic rings. The fourth-order valence-electron chi connectivity index (χ4n) is 4.20. The maximum Gasteiger partial charge on any atom is 0.251 e. The van der Waals surface area contributed by atoms with Crippen molar-refractivity contribution in [3.05, 3.63) is 94.2 Å². The molecular formula is C29H31Cl2N3O2. The zero-order valence-electron chi connectivity index (χ0n) is 20.3. The predicted molar refractivity (Wildman–Crippen MR) is 147 cm³/mol. The van der Waals surface area contributed by atoms with Crippen molar-refractivity contribution < 1.29 is 9.53 Å². The van der Waals surface area contributed by atoms with Crippen molar-refractivity contribution in [2.75, 3.05) is 13.2 Å². The number of benzene rings is 3. The standard InChI is InChI=1S/C29H31Cl2N3O2/c30-23-12-10-11-22(21-23)29(35)32-18-7-1-2-17-28-33-25-14-4-5-15-26(25)34(28)19-8-9-20-36-27-16-6-3-13-24(27)31/h3-6,10-16,21H,1-2,7-9,17-20H2,(H,32,35). The Balaban J connectivity index is 1.22. The smallest absolute Gasteiger partial charge is 0.251 e. The van der Waals surface area contributed by atoms with E-state index in [1.807, 2.05) is 30.3 Å². The molecule has 188 valence electrons. The molecule has 36 heavy (non-hydrogen) atoms. The van der Waals surface area contributed by atoms with Crippen LogP contribution in [-0.4, -0.2) is 28.6 Å². The molecule has 4 rings (SSSR count). The number of imidazole rings is 1. The van der Waals surface area contributed by atoms with Gasteiger partial charge in [-0.15, -0.1) is 0 Å². The molecule has 0 saturated heterocycles. The van der Waals surface area contributed by atoms with Gasteiger partial charge in [-0.1, -0.05) is 60.0 Å². The molecule has 3 aromatic carbocycles. The van der Waals surface area contributed by atoms with Crippen molar-refractivity contribution in [1.29, 1.82) is 0 Å². The summed E-state index contributed by atoms with van der Waals surface area (Å²) in [6, 6.07) is 22.9. The van der Waals surface area contributed by atoms with Crippen LogP contribution in [0, 0.1) is 0 Å². The Morgan fingerprint density at radius 2 is 1.72 bits per heavy atom. The number of aromatic nitrogens is 2. The van der Waals surface area contributed by atoms with Gasteiger partial charge < -0.3 is 14.6 Å². The highest BCUT2D eigenvalue weighted by Crippen LogP contribution is 2.23. The maximum atomic E-state index is 12.2. The van der Waals surface area contributed by atoms with Gasteiger partial charge in [-0.25, -0.2) is 4.98 Å². The van der Waals surface area contributed by atoms with E-state index in [0.29, 0.717) is 28.8 Å². The Kier molecular flexibility index (Phi) is 9.65. The molecule has 0 aliphatic carbocycles. The number of nitrogens with one attached hydrogen (secondary N) is 1. The monoisotopic (exact) mass is 523 g/mol. The van der Waals surface area contributed by atoms with Crippen molar-refractivity contribution in [2.24, 2.45) is 0 Å². The summed E-state index contributed by atoms with van der Waals surface area (Å²) in [6.07, 6.45) is 5.80. The summed E-state index contributed by atoms with van der Waals surface area (Å²) in [5.74, 6) is 1.76. The third kappa shape index (κ3) is 7.25. The van der Waals surface area contributed by atoms with Gasteiger partial charge in [-0.3, -0.25) is 4.79 Å². The Hall–Kier alpha value is -3.02. The minimum Gasteiger partial charge on any atom is -0.492 e. The van der Waals surface area contributed by atoms with E-state index in [4.69, 9.17) is 32.9 Å². The number of amides is 1. The summed E-state index contributed by atoms with van der Waals surface area (Å²) in [5.41, 5.74) is 2.80. The van der Waals surface area contributed by atoms with Gasteiger partial charge in [0.25, 0.3) is 5.91 Å². The Bertz CT molecular complexity index is 1290. The minimum atomic E-state index is -0.0854. The summed E-state index contributed by atoms with van der Waals surface area (Å²) >= 11 is 12.1. The topological polar surface area (TPSA) is 56.2 Å². The quantitative estimate of drug-likeness (QED) is 0.186. The van der Waals surface area contributed by atoms with E-state index in [1.54, 1.807) is 24.3 Å². The minimum absolute atomic E-state index is 0.0854. The lowest BCUT2D eigenvalue weighted by Gasteiger charge is -2.11. The lowest BCUT2D eigenvalue weighted by atomic mass is 10.1. The van der Waals surface area contributed by atoms with Crippen molar-refractivity contribution in [2.45, 2.75) is 45.1 Å². The lowest BCUT2D eigenvalue weighted by molar-refractivity contribution is 0.0953. The average molecular weight is 524 g/mol. The molecule has 1 aromatic heterocycles. The zero-order chi connectivity index (χ0) is 25.2. The number of halogens is 2. The van der Waals surface area contributed by atoms with Gasteiger partial charge in [-0.05, 0) is 68.1 Å².